The average Bonchev–Trinajstić information content (AvgIpc) is 3.07. The maximum atomic E-state index is 14.4. The number of rotatable bonds is 12. The first-order chi connectivity index (χ1) is 21.8. The van der Waals surface area contributed by atoms with Crippen molar-refractivity contribution in [3.8, 4) is 17.2 Å². The standard InChI is InChI=1S/C34H41N3O7S/c1-3-30(34(39)35-26-10-6-4-7-11-26)36(23-25-14-17-28(42-2)18-15-25)33(38)24-37(45(40,41)29-12-8-5-9-13-29)27-16-19-31-32(22-27)44-21-20-43-31/h5,8-9,12-19,22,26,30H,3-4,6-7,10-11,20-21,23-24H2,1-2H3,(H,35,39). The molecule has 0 spiro atoms. The van der Waals surface area contributed by atoms with Gasteiger partial charge in [0.2, 0.25) is 11.8 Å². The Balaban J connectivity index is 1.50. The fraction of sp³-hybridized carbons (Fsp3) is 0.412. The van der Waals surface area contributed by atoms with E-state index in [1.54, 1.807) is 55.6 Å². The molecule has 11 heteroatoms. The second-order valence-electron chi connectivity index (χ2n) is 11.3. The van der Waals surface area contributed by atoms with E-state index >= 15 is 0 Å². The number of anilines is 1. The average molecular weight is 636 g/mol. The Morgan fingerprint density at radius 2 is 1.62 bits per heavy atom. The normalized spacial score (nSPS) is 15.5. The maximum Gasteiger partial charge on any atom is 0.264 e. The number of nitrogens with one attached hydrogen (secondary N) is 1. The van der Waals surface area contributed by atoms with Crippen LogP contribution in [0.5, 0.6) is 17.2 Å². The Kier molecular flexibility index (Phi) is 10.5. The van der Waals surface area contributed by atoms with Gasteiger partial charge in [0.1, 0.15) is 31.5 Å². The van der Waals surface area contributed by atoms with Crippen LogP contribution in [-0.4, -0.2) is 64.1 Å². The summed E-state index contributed by atoms with van der Waals surface area (Å²) < 4.78 is 46.0. The fourth-order valence-corrected chi connectivity index (χ4v) is 7.25. The van der Waals surface area contributed by atoms with Gasteiger partial charge in [-0.1, -0.05) is 56.5 Å². The van der Waals surface area contributed by atoms with E-state index in [-0.39, 0.29) is 29.1 Å². The third kappa shape index (κ3) is 7.70. The number of sulfonamides is 1. The van der Waals surface area contributed by atoms with Crippen LogP contribution in [0.2, 0.25) is 0 Å². The number of carbonyl (C=O) groups is 2. The molecule has 240 valence electrons. The van der Waals surface area contributed by atoms with Crippen molar-refractivity contribution in [2.45, 2.75) is 69.0 Å². The maximum absolute atomic E-state index is 14.4. The van der Waals surface area contributed by atoms with E-state index in [1.165, 1.54) is 17.0 Å². The number of carbonyl (C=O) groups excluding carboxylic acids is 2. The third-order valence-corrected chi connectivity index (χ3v) is 10.1. The van der Waals surface area contributed by atoms with Gasteiger partial charge < -0.3 is 24.4 Å². The molecule has 3 aromatic carbocycles. The first-order valence-electron chi connectivity index (χ1n) is 15.5. The lowest BCUT2D eigenvalue weighted by Gasteiger charge is -2.34. The zero-order chi connectivity index (χ0) is 31.8. The summed E-state index contributed by atoms with van der Waals surface area (Å²) in [5.41, 5.74) is 1.03. The highest BCUT2D eigenvalue weighted by Crippen LogP contribution is 2.36. The number of hydrogen-bond acceptors (Lipinski definition) is 7. The molecule has 1 saturated carbocycles. The molecule has 2 amide bonds. The van der Waals surface area contributed by atoms with Crippen LogP contribution in [0.1, 0.15) is 51.0 Å². The molecule has 1 fully saturated rings. The summed E-state index contributed by atoms with van der Waals surface area (Å²) in [6.07, 6.45) is 5.42. The van der Waals surface area contributed by atoms with Crippen LogP contribution in [0, 0.1) is 0 Å². The molecule has 2 aliphatic rings. The lowest BCUT2D eigenvalue weighted by molar-refractivity contribution is -0.140. The van der Waals surface area contributed by atoms with Gasteiger partial charge in [0, 0.05) is 18.7 Å². The van der Waals surface area contributed by atoms with E-state index in [9.17, 15) is 18.0 Å². The van der Waals surface area contributed by atoms with Crippen molar-refractivity contribution in [2.75, 3.05) is 31.2 Å². The van der Waals surface area contributed by atoms with Gasteiger partial charge in [-0.25, -0.2) is 8.42 Å². The molecule has 5 rings (SSSR count). The number of fused-ring (bicyclic) bond motifs is 1. The highest BCUT2D eigenvalue weighted by Gasteiger charge is 2.35. The Morgan fingerprint density at radius 1 is 0.933 bits per heavy atom. The minimum Gasteiger partial charge on any atom is -0.497 e. The molecule has 0 saturated heterocycles. The largest absolute Gasteiger partial charge is 0.497 e. The molecule has 45 heavy (non-hydrogen) atoms. The van der Waals surface area contributed by atoms with Gasteiger partial charge in [-0.15, -0.1) is 0 Å². The summed E-state index contributed by atoms with van der Waals surface area (Å²) in [4.78, 5) is 29.6. The molecule has 0 radical (unpaired) electrons. The summed E-state index contributed by atoms with van der Waals surface area (Å²) >= 11 is 0. The summed E-state index contributed by atoms with van der Waals surface area (Å²) in [6, 6.07) is 19.3. The van der Waals surface area contributed by atoms with Gasteiger partial charge in [-0.2, -0.15) is 0 Å². The summed E-state index contributed by atoms with van der Waals surface area (Å²) in [6.45, 7) is 2.15. The van der Waals surface area contributed by atoms with E-state index in [1.807, 2.05) is 19.1 Å². The summed E-state index contributed by atoms with van der Waals surface area (Å²) in [5.74, 6) is 0.819. The van der Waals surface area contributed by atoms with Crippen LogP contribution in [0.15, 0.2) is 77.7 Å². The van der Waals surface area contributed by atoms with Crippen LogP contribution < -0.4 is 23.8 Å². The van der Waals surface area contributed by atoms with Crippen LogP contribution >= 0.6 is 0 Å². The number of hydrogen-bond donors (Lipinski definition) is 1. The molecule has 3 aromatic rings. The topological polar surface area (TPSA) is 114 Å². The SMILES string of the molecule is CCC(C(=O)NC1CCCCC1)N(Cc1ccc(OC)cc1)C(=O)CN(c1ccc2c(c1)OCCO2)S(=O)(=O)c1ccccc1. The Bertz CT molecular complexity index is 1560. The van der Waals surface area contributed by atoms with Gasteiger partial charge >= 0.3 is 0 Å². The van der Waals surface area contributed by atoms with Crippen molar-refractivity contribution in [1.29, 1.82) is 0 Å². The number of benzene rings is 3. The molecule has 10 nitrogen and oxygen atoms in total. The number of nitrogens with zero attached hydrogens (tertiary/aromatic N) is 2. The predicted molar refractivity (Wildman–Crippen MR) is 171 cm³/mol. The number of amides is 2. The Morgan fingerprint density at radius 3 is 2.29 bits per heavy atom. The highest BCUT2D eigenvalue weighted by atomic mass is 32.2. The monoisotopic (exact) mass is 635 g/mol. The number of methoxy groups -OCH3 is 1. The lowest BCUT2D eigenvalue weighted by Crippen LogP contribution is -2.54. The quantitative estimate of drug-likeness (QED) is 0.301. The van der Waals surface area contributed by atoms with Gasteiger partial charge in [-0.3, -0.25) is 13.9 Å². The summed E-state index contributed by atoms with van der Waals surface area (Å²) in [5, 5.41) is 3.17. The highest BCUT2D eigenvalue weighted by molar-refractivity contribution is 7.92. The predicted octanol–water partition coefficient (Wildman–Crippen LogP) is 4.92. The lowest BCUT2D eigenvalue weighted by atomic mass is 9.95. The van der Waals surface area contributed by atoms with Gasteiger partial charge in [-0.05, 0) is 61.2 Å². The molecule has 1 aliphatic carbocycles. The number of ether oxygens (including phenoxy) is 3. The zero-order valence-electron chi connectivity index (χ0n) is 25.8. The van der Waals surface area contributed by atoms with Crippen LogP contribution in [0.4, 0.5) is 5.69 Å². The Hall–Kier alpha value is -4.25. The molecule has 0 bridgehead atoms. The Labute approximate surface area is 265 Å². The van der Waals surface area contributed by atoms with E-state index in [0.717, 1.165) is 42.0 Å². The molecular weight excluding hydrogens is 594 g/mol. The van der Waals surface area contributed by atoms with Crippen molar-refractivity contribution in [3.05, 3.63) is 78.4 Å². The second kappa shape index (κ2) is 14.7. The van der Waals surface area contributed by atoms with Gasteiger partial charge in [0.05, 0.1) is 17.7 Å². The molecular formula is C34H41N3O7S. The van der Waals surface area contributed by atoms with Crippen LogP contribution in [-0.2, 0) is 26.2 Å². The first kappa shape index (κ1) is 32.2. The van der Waals surface area contributed by atoms with E-state index in [2.05, 4.69) is 5.32 Å². The zero-order valence-corrected chi connectivity index (χ0v) is 26.6. The van der Waals surface area contributed by atoms with E-state index in [4.69, 9.17) is 14.2 Å². The van der Waals surface area contributed by atoms with Crippen molar-refractivity contribution in [1.82, 2.24) is 10.2 Å². The second-order valence-corrected chi connectivity index (χ2v) is 13.2. The van der Waals surface area contributed by atoms with Crippen LogP contribution in [0.25, 0.3) is 0 Å². The van der Waals surface area contributed by atoms with Gasteiger partial charge in [0.15, 0.2) is 11.5 Å². The summed E-state index contributed by atoms with van der Waals surface area (Å²) in [7, 11) is -2.62. The molecule has 1 aliphatic heterocycles. The molecule has 1 unspecified atom stereocenters. The van der Waals surface area contributed by atoms with Crippen LogP contribution in [0.3, 0.4) is 0 Å². The van der Waals surface area contributed by atoms with Crippen molar-refractivity contribution in [3.63, 3.8) is 0 Å². The molecule has 1 N–H and O–H groups in total. The molecule has 0 aromatic heterocycles. The smallest absolute Gasteiger partial charge is 0.264 e. The fourth-order valence-electron chi connectivity index (χ4n) is 5.83. The van der Waals surface area contributed by atoms with E-state index in [0.29, 0.717) is 36.9 Å². The minimum atomic E-state index is -4.19. The van der Waals surface area contributed by atoms with Gasteiger partial charge in [0.25, 0.3) is 10.0 Å². The van der Waals surface area contributed by atoms with Crippen molar-refractivity contribution < 1.29 is 32.2 Å². The van der Waals surface area contributed by atoms with E-state index < -0.39 is 28.5 Å². The molecule has 1 heterocycles. The van der Waals surface area contributed by atoms with Crippen molar-refractivity contribution in [2.24, 2.45) is 0 Å². The molecule has 1 atom stereocenters. The minimum absolute atomic E-state index is 0.0384. The first-order valence-corrected chi connectivity index (χ1v) is 16.9. The van der Waals surface area contributed by atoms with Crippen molar-refractivity contribution >= 4 is 27.5 Å². The third-order valence-electron chi connectivity index (χ3n) is 8.27.